The van der Waals surface area contributed by atoms with Gasteiger partial charge >= 0.3 is 5.97 Å². The van der Waals surface area contributed by atoms with Crippen molar-refractivity contribution in [1.82, 2.24) is 5.32 Å². The molecule has 0 aromatic rings. The highest BCUT2D eigenvalue weighted by atomic mass is 16.7. The van der Waals surface area contributed by atoms with E-state index in [1.54, 1.807) is 21.3 Å². The number of methoxy groups -OCH3 is 3. The van der Waals surface area contributed by atoms with E-state index in [0.717, 1.165) is 44.1 Å². The lowest BCUT2D eigenvalue weighted by Crippen LogP contribution is -2.59. The molecule has 17 atom stereocenters. The number of likely N-dealkylation sites (N-methyl/N-ethyl adjacent to an activating group) is 1. The Hall–Kier alpha value is -1.96. The van der Waals surface area contributed by atoms with E-state index in [2.05, 4.69) is 43.5 Å². The fourth-order valence-corrected chi connectivity index (χ4v) is 10.2. The van der Waals surface area contributed by atoms with Crippen molar-refractivity contribution < 1.29 is 47.5 Å². The van der Waals surface area contributed by atoms with E-state index in [9.17, 15) is 9.59 Å². The monoisotopic (exact) mass is 743 g/mol. The Morgan fingerprint density at radius 3 is 2.34 bits per heavy atom. The molecule has 6 rings (SSSR count). The van der Waals surface area contributed by atoms with Crippen LogP contribution < -0.4 is 5.32 Å². The first-order valence-electron chi connectivity index (χ1n) is 20.3. The summed E-state index contributed by atoms with van der Waals surface area (Å²) in [7, 11) is 6.93. The summed E-state index contributed by atoms with van der Waals surface area (Å²) in [6.45, 7) is 8.13. The molecule has 0 bridgehead atoms. The van der Waals surface area contributed by atoms with Gasteiger partial charge in [0.1, 0.15) is 24.4 Å². The first-order valence-corrected chi connectivity index (χ1v) is 20.3. The molecule has 3 aliphatic carbocycles. The second-order valence-corrected chi connectivity index (χ2v) is 16.2. The van der Waals surface area contributed by atoms with Gasteiger partial charge < -0.3 is 43.2 Å². The number of Topliss-reactive ketones (excluding diaryl/α,β-unsaturated/α-hetero) is 1. The summed E-state index contributed by atoms with van der Waals surface area (Å²) in [5.41, 5.74) is 0.750. The van der Waals surface area contributed by atoms with Crippen molar-refractivity contribution in [1.29, 1.82) is 0 Å². The van der Waals surface area contributed by atoms with E-state index in [1.807, 2.05) is 27.0 Å². The van der Waals surface area contributed by atoms with E-state index in [4.69, 9.17) is 37.9 Å². The van der Waals surface area contributed by atoms with Crippen molar-refractivity contribution in [2.75, 3.05) is 28.4 Å². The second-order valence-electron chi connectivity index (χ2n) is 16.2. The predicted molar refractivity (Wildman–Crippen MR) is 199 cm³/mol. The van der Waals surface area contributed by atoms with Crippen molar-refractivity contribution >= 4 is 11.8 Å². The van der Waals surface area contributed by atoms with Crippen LogP contribution in [0.25, 0.3) is 0 Å². The maximum atomic E-state index is 14.7. The molecule has 3 heterocycles. The van der Waals surface area contributed by atoms with Crippen LogP contribution in [0.15, 0.2) is 36.0 Å². The van der Waals surface area contributed by atoms with Crippen molar-refractivity contribution in [3.8, 4) is 0 Å². The number of ketones is 1. The zero-order valence-corrected chi connectivity index (χ0v) is 33.1. The van der Waals surface area contributed by atoms with Crippen molar-refractivity contribution in [3.63, 3.8) is 0 Å². The number of rotatable bonds is 10. The van der Waals surface area contributed by atoms with Crippen LogP contribution in [-0.4, -0.2) is 108 Å². The Kier molecular flexibility index (Phi) is 14.1. The van der Waals surface area contributed by atoms with E-state index < -0.39 is 12.4 Å². The molecule has 53 heavy (non-hydrogen) atoms. The Labute approximate surface area is 316 Å². The van der Waals surface area contributed by atoms with Crippen LogP contribution in [0.5, 0.6) is 0 Å². The number of allylic oxidation sites excluding steroid dienone is 5. The molecule has 0 aromatic heterocycles. The molecule has 11 nitrogen and oxygen atoms in total. The van der Waals surface area contributed by atoms with Crippen LogP contribution >= 0.6 is 0 Å². The van der Waals surface area contributed by atoms with Gasteiger partial charge in [-0.2, -0.15) is 0 Å². The van der Waals surface area contributed by atoms with Crippen molar-refractivity contribution in [2.45, 2.75) is 153 Å². The van der Waals surface area contributed by atoms with Gasteiger partial charge in [0.15, 0.2) is 18.4 Å². The summed E-state index contributed by atoms with van der Waals surface area (Å²) < 4.78 is 49.5. The molecule has 298 valence electrons. The lowest BCUT2D eigenvalue weighted by atomic mass is 9.70. The van der Waals surface area contributed by atoms with E-state index >= 15 is 0 Å². The summed E-state index contributed by atoms with van der Waals surface area (Å²) in [6, 6.07) is 0.279. The molecule has 0 spiro atoms. The van der Waals surface area contributed by atoms with E-state index in [1.165, 1.54) is 0 Å². The zero-order chi connectivity index (χ0) is 37.8. The second kappa shape index (κ2) is 18.3. The third-order valence-corrected chi connectivity index (χ3v) is 13.1. The van der Waals surface area contributed by atoms with Crippen LogP contribution in [0.1, 0.15) is 85.5 Å². The summed E-state index contributed by atoms with van der Waals surface area (Å²) in [5.74, 6) is -0.124. The molecule has 0 radical (unpaired) electrons. The van der Waals surface area contributed by atoms with Gasteiger partial charge in [-0.1, -0.05) is 38.2 Å². The average Bonchev–Trinajstić information content (AvgIpc) is 3.72. The molecular formula is C42H65NO10. The fraction of sp³-hybridized carbons (Fsp3) is 0.810. The first-order chi connectivity index (χ1) is 25.6. The minimum absolute atomic E-state index is 0.0140. The highest BCUT2D eigenvalue weighted by Crippen LogP contribution is 2.54. The maximum Gasteiger partial charge on any atom is 0.307 e. The number of fused-ring (bicyclic) bond motifs is 5. The Balaban J connectivity index is 1.22. The summed E-state index contributed by atoms with van der Waals surface area (Å²) in [6.07, 6.45) is 14.5. The smallest absolute Gasteiger partial charge is 0.307 e. The number of carbonyl (C=O) groups excluding carboxylic acids is 2. The number of ether oxygens (including phenoxy) is 8. The van der Waals surface area contributed by atoms with Gasteiger partial charge in [0.05, 0.1) is 30.8 Å². The first kappa shape index (κ1) is 40.7. The van der Waals surface area contributed by atoms with Crippen LogP contribution in [0.4, 0.5) is 0 Å². The van der Waals surface area contributed by atoms with E-state index in [0.29, 0.717) is 12.8 Å². The highest BCUT2D eigenvalue weighted by Gasteiger charge is 2.52. The Bertz CT molecular complexity index is 1330. The molecule has 6 aliphatic rings. The fourth-order valence-electron chi connectivity index (χ4n) is 10.2. The third kappa shape index (κ3) is 8.88. The molecule has 0 amide bonds. The SMILES string of the molecule is CCC=CC1CCC[C@H](O[C@H]2CC[C@H](NC)[C@@H](C)O2)[C@@H](C)C(=O)C2=CC3C(C=CC4C[C@@H](O[C@@H]5O[C@@H](C)[C@H](OC)[C@@H](OC)[C@H]5OC)CC43)C2CC(=O)O1. The van der Waals surface area contributed by atoms with Gasteiger partial charge in [-0.15, -0.1) is 0 Å². The van der Waals surface area contributed by atoms with Gasteiger partial charge in [0.2, 0.25) is 0 Å². The number of hydrogen-bond donors (Lipinski definition) is 1. The van der Waals surface area contributed by atoms with Crippen LogP contribution in [-0.2, 0) is 47.5 Å². The van der Waals surface area contributed by atoms with Gasteiger partial charge in [-0.05, 0) is 108 Å². The largest absolute Gasteiger partial charge is 0.458 e. The molecule has 11 heteroatoms. The van der Waals surface area contributed by atoms with Crippen molar-refractivity contribution in [3.05, 3.63) is 36.0 Å². The molecule has 1 N–H and O–H groups in total. The number of carbonyl (C=O) groups is 2. The summed E-state index contributed by atoms with van der Waals surface area (Å²) >= 11 is 0. The zero-order valence-electron chi connectivity index (χ0n) is 33.1. The van der Waals surface area contributed by atoms with Gasteiger partial charge in [-0.3, -0.25) is 9.59 Å². The molecule has 4 fully saturated rings. The maximum absolute atomic E-state index is 14.7. The van der Waals surface area contributed by atoms with Crippen LogP contribution in [0, 0.1) is 35.5 Å². The van der Waals surface area contributed by atoms with Gasteiger partial charge in [0.25, 0.3) is 0 Å². The predicted octanol–water partition coefficient (Wildman–Crippen LogP) is 5.70. The molecule has 3 aliphatic heterocycles. The number of nitrogens with one attached hydrogen (secondary N) is 1. The third-order valence-electron chi connectivity index (χ3n) is 13.1. The minimum Gasteiger partial charge on any atom is -0.458 e. The number of cyclic esters (lactones) is 1. The Morgan fingerprint density at radius 2 is 1.64 bits per heavy atom. The quantitative estimate of drug-likeness (QED) is 0.219. The highest BCUT2D eigenvalue weighted by molar-refractivity contribution is 5.99. The summed E-state index contributed by atoms with van der Waals surface area (Å²) in [4.78, 5) is 28.3. The standard InChI is InChI=1S/C42H65NO10/c1-9-10-12-27-13-11-14-35(53-37-18-17-34(43-5)24(3)49-37)23(2)38(45)33-21-31-29(32(33)22-36(44)51-27)16-15-26-19-28(20-30(26)31)52-42-41(48-8)40(47-7)39(46-6)25(4)50-42/h10,12,15-16,21,23-32,34-35,37,39-43H,9,11,13-14,17-20,22H2,1-8H3/t23-,24-,25+,26?,27?,28-,29?,30?,31?,32?,34+,35+,37+,39+,40-,41-,42+/m1/s1. The number of esters is 1. The summed E-state index contributed by atoms with van der Waals surface area (Å²) in [5, 5.41) is 3.34. The van der Waals surface area contributed by atoms with Gasteiger partial charge in [-0.25, -0.2) is 0 Å². The Morgan fingerprint density at radius 1 is 0.868 bits per heavy atom. The molecule has 1 saturated carbocycles. The topological polar surface area (TPSA) is 120 Å². The molecule has 0 aromatic carbocycles. The lowest BCUT2D eigenvalue weighted by Gasteiger charge is -2.44. The molecule has 3 saturated heterocycles. The van der Waals surface area contributed by atoms with Gasteiger partial charge in [0, 0.05) is 39.2 Å². The minimum atomic E-state index is -0.600. The molecular weight excluding hydrogens is 678 g/mol. The van der Waals surface area contributed by atoms with Crippen molar-refractivity contribution in [2.24, 2.45) is 35.5 Å². The number of hydrogen-bond acceptors (Lipinski definition) is 11. The average molecular weight is 744 g/mol. The lowest BCUT2D eigenvalue weighted by molar-refractivity contribution is -0.314. The normalized spacial score (nSPS) is 45.1. The van der Waals surface area contributed by atoms with Crippen LogP contribution in [0.2, 0.25) is 0 Å². The van der Waals surface area contributed by atoms with Crippen LogP contribution in [0.3, 0.4) is 0 Å². The molecule has 6 unspecified atom stereocenters. The van der Waals surface area contributed by atoms with E-state index in [-0.39, 0.29) is 109 Å².